The number of aliphatic hydroxyl groups excluding tert-OH is 1. The number of H-pyrrole nitrogens is 1. The Balaban J connectivity index is 1.77. The summed E-state index contributed by atoms with van der Waals surface area (Å²) in [6.45, 7) is 8.20. The van der Waals surface area contributed by atoms with Crippen LogP contribution in [-0.4, -0.2) is 28.7 Å². The van der Waals surface area contributed by atoms with Gasteiger partial charge in [0.1, 0.15) is 12.0 Å². The van der Waals surface area contributed by atoms with E-state index >= 15 is 0 Å². The molecule has 1 aliphatic rings. The van der Waals surface area contributed by atoms with Gasteiger partial charge in [-0.3, -0.25) is 5.10 Å². The van der Waals surface area contributed by atoms with E-state index in [9.17, 15) is 13.5 Å². The van der Waals surface area contributed by atoms with E-state index in [0.717, 1.165) is 41.6 Å². The summed E-state index contributed by atoms with van der Waals surface area (Å²) in [5.74, 6) is 0.781. The molecule has 3 N–H and O–H groups in total. The van der Waals surface area contributed by atoms with Crippen LogP contribution in [0.3, 0.4) is 0 Å². The first-order valence-corrected chi connectivity index (χ1v) is 12.0. The van der Waals surface area contributed by atoms with E-state index in [-0.39, 0.29) is 21.9 Å². The van der Waals surface area contributed by atoms with Gasteiger partial charge in [0.15, 0.2) is 5.03 Å². The van der Waals surface area contributed by atoms with Crippen molar-refractivity contribution in [2.45, 2.75) is 63.6 Å². The third-order valence-electron chi connectivity index (χ3n) is 5.83. The fourth-order valence-corrected chi connectivity index (χ4v) is 5.10. The normalized spacial score (nSPS) is 16.4. The molecular weight excluding hydrogens is 428 g/mol. The van der Waals surface area contributed by atoms with Crippen molar-refractivity contribution in [3.8, 4) is 11.6 Å². The van der Waals surface area contributed by atoms with E-state index in [2.05, 4.69) is 28.8 Å². The van der Waals surface area contributed by atoms with Crippen molar-refractivity contribution >= 4 is 10.0 Å². The molecular formula is C23H28N4O4S. The lowest BCUT2D eigenvalue weighted by atomic mass is 9.75. The highest BCUT2D eigenvalue weighted by molar-refractivity contribution is 7.89. The maximum absolute atomic E-state index is 12.6. The molecule has 0 bridgehead atoms. The number of benzene rings is 1. The van der Waals surface area contributed by atoms with Crippen molar-refractivity contribution < 1.29 is 18.3 Å². The molecule has 0 radical (unpaired) electrons. The summed E-state index contributed by atoms with van der Waals surface area (Å²) >= 11 is 0. The molecule has 8 nitrogen and oxygen atoms in total. The maximum Gasteiger partial charge on any atom is 0.262 e. The average molecular weight is 457 g/mol. The summed E-state index contributed by atoms with van der Waals surface area (Å²) in [6, 6.07) is 8.89. The quantitative estimate of drug-likeness (QED) is 0.486. The van der Waals surface area contributed by atoms with E-state index in [1.54, 1.807) is 6.07 Å². The Morgan fingerprint density at radius 1 is 1.22 bits per heavy atom. The lowest BCUT2D eigenvalue weighted by Gasteiger charge is -2.32. The molecule has 4 rings (SSSR count). The smallest absolute Gasteiger partial charge is 0.262 e. The highest BCUT2D eigenvalue weighted by Gasteiger charge is 2.33. The van der Waals surface area contributed by atoms with Crippen LogP contribution in [0.2, 0.25) is 0 Å². The molecule has 0 aliphatic heterocycles. The van der Waals surface area contributed by atoms with E-state index in [1.165, 1.54) is 12.3 Å². The van der Waals surface area contributed by atoms with Crippen LogP contribution >= 0.6 is 0 Å². The SMILES string of the molecule is Cc1ccc(Oc2nc3c(cc2C(O)NS(=O)(=O)c2cc[nH]n2)CCCC3(C)C)c(C)c1. The zero-order valence-corrected chi connectivity index (χ0v) is 19.5. The Kier molecular flexibility index (Phi) is 5.83. The Hall–Kier alpha value is -2.75. The van der Waals surface area contributed by atoms with Crippen molar-refractivity contribution in [1.29, 1.82) is 0 Å². The first-order chi connectivity index (χ1) is 15.1. The summed E-state index contributed by atoms with van der Waals surface area (Å²) < 4.78 is 33.7. The largest absolute Gasteiger partial charge is 0.438 e. The molecule has 0 amide bonds. The van der Waals surface area contributed by atoms with Crippen LogP contribution in [0.15, 0.2) is 41.6 Å². The van der Waals surface area contributed by atoms with Gasteiger partial charge < -0.3 is 9.84 Å². The van der Waals surface area contributed by atoms with Crippen molar-refractivity contribution in [3.63, 3.8) is 0 Å². The number of aryl methyl sites for hydroxylation is 3. The van der Waals surface area contributed by atoms with Crippen molar-refractivity contribution in [2.75, 3.05) is 0 Å². The highest BCUT2D eigenvalue weighted by atomic mass is 32.2. The monoisotopic (exact) mass is 456 g/mol. The molecule has 1 atom stereocenters. The average Bonchev–Trinajstić information content (AvgIpc) is 3.25. The highest BCUT2D eigenvalue weighted by Crippen LogP contribution is 2.40. The number of aromatic amines is 1. The Morgan fingerprint density at radius 2 is 2.00 bits per heavy atom. The number of hydrogen-bond donors (Lipinski definition) is 3. The third-order valence-corrected chi connectivity index (χ3v) is 7.14. The third kappa shape index (κ3) is 4.41. The second-order valence-electron chi connectivity index (χ2n) is 8.94. The molecule has 1 aliphatic carbocycles. The lowest BCUT2D eigenvalue weighted by molar-refractivity contribution is 0.161. The number of rotatable bonds is 6. The van der Waals surface area contributed by atoms with E-state index in [1.807, 2.05) is 32.0 Å². The molecule has 170 valence electrons. The molecule has 0 saturated carbocycles. The number of sulfonamides is 1. The van der Waals surface area contributed by atoms with Gasteiger partial charge >= 0.3 is 0 Å². The Bertz CT molecular complexity index is 1240. The number of pyridine rings is 1. The predicted octanol–water partition coefficient (Wildman–Crippen LogP) is 3.80. The summed E-state index contributed by atoms with van der Waals surface area (Å²) in [5, 5.41) is 16.9. The first-order valence-electron chi connectivity index (χ1n) is 10.6. The second kappa shape index (κ2) is 8.31. The number of aliphatic hydroxyl groups is 1. The van der Waals surface area contributed by atoms with Gasteiger partial charge in [-0.1, -0.05) is 31.5 Å². The van der Waals surface area contributed by atoms with E-state index < -0.39 is 16.3 Å². The topological polar surface area (TPSA) is 117 Å². The summed E-state index contributed by atoms with van der Waals surface area (Å²) in [7, 11) is -4.04. The van der Waals surface area contributed by atoms with Crippen molar-refractivity contribution in [2.24, 2.45) is 0 Å². The van der Waals surface area contributed by atoms with Gasteiger partial charge in [0.2, 0.25) is 5.88 Å². The number of nitrogens with zero attached hydrogens (tertiary/aromatic N) is 2. The molecule has 3 aromatic rings. The van der Waals surface area contributed by atoms with Gasteiger partial charge in [0, 0.05) is 11.6 Å². The lowest BCUT2D eigenvalue weighted by Crippen LogP contribution is -2.31. The van der Waals surface area contributed by atoms with Gasteiger partial charge in [-0.05, 0) is 62.4 Å². The Morgan fingerprint density at radius 3 is 2.69 bits per heavy atom. The minimum Gasteiger partial charge on any atom is -0.438 e. The molecule has 0 saturated heterocycles. The van der Waals surface area contributed by atoms with Gasteiger partial charge in [-0.15, -0.1) is 0 Å². The number of nitrogens with one attached hydrogen (secondary N) is 2. The minimum atomic E-state index is -4.04. The van der Waals surface area contributed by atoms with E-state index in [0.29, 0.717) is 5.75 Å². The standard InChI is InChI=1S/C23H28N4O4S/c1-14-7-8-18(15(2)12-14)31-22-17(13-16-6-5-10-23(3,4)20(16)25-22)21(28)27-32(29,30)19-9-11-24-26-19/h7-9,11-13,21,27-28H,5-6,10H2,1-4H3,(H,24,26). The van der Waals surface area contributed by atoms with Crippen LogP contribution in [0.25, 0.3) is 0 Å². The molecule has 32 heavy (non-hydrogen) atoms. The van der Waals surface area contributed by atoms with Crippen LogP contribution in [-0.2, 0) is 21.9 Å². The van der Waals surface area contributed by atoms with Crippen LogP contribution in [0.5, 0.6) is 11.6 Å². The van der Waals surface area contributed by atoms with Gasteiger partial charge in [0.25, 0.3) is 10.0 Å². The maximum atomic E-state index is 12.6. The number of ether oxygens (including phenoxy) is 1. The summed E-state index contributed by atoms with van der Waals surface area (Å²) in [6.07, 6.45) is 2.64. The van der Waals surface area contributed by atoms with Crippen molar-refractivity contribution in [3.05, 3.63) is 64.5 Å². The fourth-order valence-electron chi connectivity index (χ4n) is 4.13. The van der Waals surface area contributed by atoms with Gasteiger partial charge in [0.05, 0.1) is 11.3 Å². The van der Waals surface area contributed by atoms with Crippen molar-refractivity contribution in [1.82, 2.24) is 19.9 Å². The zero-order valence-electron chi connectivity index (χ0n) is 18.6. The summed E-state index contributed by atoms with van der Waals surface area (Å²) in [4.78, 5) is 4.80. The van der Waals surface area contributed by atoms with Crippen LogP contribution < -0.4 is 9.46 Å². The molecule has 1 unspecified atom stereocenters. The van der Waals surface area contributed by atoms with E-state index in [4.69, 9.17) is 9.72 Å². The van der Waals surface area contributed by atoms with Crippen LogP contribution in [0.4, 0.5) is 0 Å². The van der Waals surface area contributed by atoms with Gasteiger partial charge in [-0.25, -0.2) is 13.4 Å². The van der Waals surface area contributed by atoms with Gasteiger partial charge in [-0.2, -0.15) is 9.82 Å². The molecule has 0 fully saturated rings. The van der Waals surface area contributed by atoms with Crippen LogP contribution in [0, 0.1) is 13.8 Å². The predicted molar refractivity (Wildman–Crippen MR) is 120 cm³/mol. The molecule has 1 aromatic carbocycles. The molecule has 9 heteroatoms. The van der Waals surface area contributed by atoms with Crippen LogP contribution in [0.1, 0.15) is 60.9 Å². The summed E-state index contributed by atoms with van der Waals surface area (Å²) in [5.41, 5.74) is 4.03. The number of aromatic nitrogens is 3. The first kappa shape index (κ1) is 22.4. The zero-order chi connectivity index (χ0) is 23.1. The fraction of sp³-hybridized carbons (Fsp3) is 0.391. The second-order valence-corrected chi connectivity index (χ2v) is 10.6. The molecule has 2 heterocycles. The molecule has 2 aromatic heterocycles. The Labute approximate surface area is 188 Å². The number of fused-ring (bicyclic) bond motifs is 1. The minimum absolute atomic E-state index is 0.147. The number of hydrogen-bond acceptors (Lipinski definition) is 6. The molecule has 0 spiro atoms.